The molecule has 2 aliphatic rings. The van der Waals surface area contributed by atoms with E-state index in [1.165, 1.54) is 11.8 Å². The topological polar surface area (TPSA) is 77.8 Å². The molecule has 1 aliphatic carbocycles. The molecule has 2 aromatic rings. The molecule has 170 valence electrons. The molecule has 1 saturated heterocycles. The van der Waals surface area contributed by atoms with Gasteiger partial charge in [-0.2, -0.15) is 0 Å². The maximum absolute atomic E-state index is 13.5. The van der Waals surface area contributed by atoms with E-state index in [9.17, 15) is 19.8 Å². The Bertz CT molecular complexity index is 1010. The summed E-state index contributed by atoms with van der Waals surface area (Å²) < 4.78 is -0.436. The number of aryl methyl sites for hydroxylation is 1. The predicted octanol–water partition coefficient (Wildman–Crippen LogP) is 5.31. The Balaban J connectivity index is 1.85. The second kappa shape index (κ2) is 9.73. The molecule has 7 heteroatoms. The zero-order chi connectivity index (χ0) is 22.9. The van der Waals surface area contributed by atoms with Gasteiger partial charge in [0.15, 0.2) is 4.75 Å². The van der Waals surface area contributed by atoms with Gasteiger partial charge in [0.25, 0.3) is 0 Å². The fraction of sp³-hybridized carbons (Fsp3) is 0.440. The number of benzene rings is 2. The van der Waals surface area contributed by atoms with E-state index in [4.69, 9.17) is 0 Å². The van der Waals surface area contributed by atoms with Crippen molar-refractivity contribution in [2.45, 2.75) is 73.8 Å². The summed E-state index contributed by atoms with van der Waals surface area (Å²) in [5.41, 5.74) is 2.73. The molecule has 1 aliphatic heterocycles. The van der Waals surface area contributed by atoms with Gasteiger partial charge in [-0.3, -0.25) is 9.59 Å². The Kier molecular flexibility index (Phi) is 7.17. The molecular formula is C25H28INO4S. The van der Waals surface area contributed by atoms with Gasteiger partial charge in [-0.15, -0.1) is 11.8 Å². The van der Waals surface area contributed by atoms with Crippen molar-refractivity contribution in [3.05, 3.63) is 62.7 Å². The zero-order valence-corrected chi connectivity index (χ0v) is 21.1. The second-order valence-electron chi connectivity index (χ2n) is 8.80. The first kappa shape index (κ1) is 23.6. The molecule has 0 unspecified atom stereocenters. The Hall–Kier alpha value is -1.58. The van der Waals surface area contributed by atoms with Crippen LogP contribution in [0.5, 0.6) is 0 Å². The van der Waals surface area contributed by atoms with Crippen LogP contribution in [0.2, 0.25) is 0 Å². The van der Waals surface area contributed by atoms with E-state index in [-0.39, 0.29) is 25.0 Å². The molecule has 2 aromatic carbocycles. The third-order valence-electron chi connectivity index (χ3n) is 6.61. The molecule has 32 heavy (non-hydrogen) atoms. The number of aliphatic hydroxyl groups is 1. The number of nitrogens with zero attached hydrogens (tertiary/aromatic N) is 1. The van der Waals surface area contributed by atoms with E-state index >= 15 is 0 Å². The third kappa shape index (κ3) is 4.43. The van der Waals surface area contributed by atoms with Gasteiger partial charge in [0.2, 0.25) is 5.91 Å². The number of aliphatic hydroxyl groups excluding tert-OH is 1. The third-order valence-corrected chi connectivity index (χ3v) is 8.96. The van der Waals surface area contributed by atoms with E-state index in [0.717, 1.165) is 57.3 Å². The van der Waals surface area contributed by atoms with Crippen LogP contribution in [0.4, 0.5) is 0 Å². The molecule has 2 N–H and O–H groups in total. The van der Waals surface area contributed by atoms with Crippen molar-refractivity contribution in [1.82, 2.24) is 4.90 Å². The maximum atomic E-state index is 13.5. The normalized spacial score (nSPS) is 24.2. The number of aliphatic carboxylic acids is 1. The molecule has 4 rings (SSSR count). The quantitative estimate of drug-likeness (QED) is 0.465. The standard InChI is InChI=1S/C25H28INO4S/c1-16-7-10-19(11-8-16)32-25(24(30)31)14-22(29)27(18-5-3-2-4-6-18)23(25)20-12-9-17(15-28)13-21(20)26/h7-13,18,23,28H,2-6,14-15H2,1H3,(H,30,31)/t23-,25-/m1/s1. The van der Waals surface area contributed by atoms with Crippen molar-refractivity contribution in [2.75, 3.05) is 0 Å². The summed E-state index contributed by atoms with van der Waals surface area (Å²) in [5.74, 6) is -1.03. The maximum Gasteiger partial charge on any atom is 0.323 e. The Morgan fingerprint density at radius 1 is 1.16 bits per heavy atom. The lowest BCUT2D eigenvalue weighted by molar-refractivity contribution is -0.140. The van der Waals surface area contributed by atoms with Crippen LogP contribution in [0.3, 0.4) is 0 Å². The predicted molar refractivity (Wildman–Crippen MR) is 134 cm³/mol. The number of hydrogen-bond acceptors (Lipinski definition) is 4. The Morgan fingerprint density at radius 2 is 1.84 bits per heavy atom. The highest BCUT2D eigenvalue weighted by atomic mass is 127. The SMILES string of the molecule is Cc1ccc(S[C@]2(C(=O)O)CC(=O)N(C3CCCCC3)[C@@H]2c2ccc(CO)cc2I)cc1. The first-order chi connectivity index (χ1) is 15.4. The average Bonchev–Trinajstić information content (AvgIpc) is 3.08. The first-order valence-electron chi connectivity index (χ1n) is 11.0. The fourth-order valence-electron chi connectivity index (χ4n) is 4.99. The van der Waals surface area contributed by atoms with Gasteiger partial charge in [0.1, 0.15) is 0 Å². The highest BCUT2D eigenvalue weighted by molar-refractivity contribution is 14.1. The van der Waals surface area contributed by atoms with Crippen LogP contribution in [0.25, 0.3) is 0 Å². The molecule has 1 heterocycles. The van der Waals surface area contributed by atoms with Crippen LogP contribution >= 0.6 is 34.4 Å². The van der Waals surface area contributed by atoms with E-state index in [1.54, 1.807) is 0 Å². The number of thioether (sulfide) groups is 1. The summed E-state index contributed by atoms with van der Waals surface area (Å²) >= 11 is 3.50. The number of carboxylic acids is 1. The first-order valence-corrected chi connectivity index (χ1v) is 12.9. The number of hydrogen-bond donors (Lipinski definition) is 2. The van der Waals surface area contributed by atoms with Gasteiger partial charge in [0, 0.05) is 14.5 Å². The van der Waals surface area contributed by atoms with Gasteiger partial charge < -0.3 is 15.1 Å². The van der Waals surface area contributed by atoms with E-state index in [0.29, 0.717) is 0 Å². The highest BCUT2D eigenvalue weighted by Crippen LogP contribution is 2.55. The summed E-state index contributed by atoms with van der Waals surface area (Å²) in [7, 11) is 0. The molecule has 5 nitrogen and oxygen atoms in total. The van der Waals surface area contributed by atoms with E-state index < -0.39 is 16.8 Å². The van der Waals surface area contributed by atoms with Gasteiger partial charge in [0.05, 0.1) is 19.1 Å². The van der Waals surface area contributed by atoms with Crippen LogP contribution in [0, 0.1) is 10.5 Å². The number of carboxylic acid groups (broad SMARTS) is 1. The molecular weight excluding hydrogens is 537 g/mol. The summed E-state index contributed by atoms with van der Waals surface area (Å²) in [6, 6.07) is 13.0. The lowest BCUT2D eigenvalue weighted by Gasteiger charge is -2.40. The largest absolute Gasteiger partial charge is 0.480 e. The molecule has 0 radical (unpaired) electrons. The van der Waals surface area contributed by atoms with Crippen molar-refractivity contribution in [1.29, 1.82) is 0 Å². The molecule has 0 bridgehead atoms. The summed E-state index contributed by atoms with van der Waals surface area (Å²) in [6.07, 6.45) is 5.09. The van der Waals surface area contributed by atoms with Crippen LogP contribution < -0.4 is 0 Å². The highest BCUT2D eigenvalue weighted by Gasteiger charge is 2.60. The fourth-order valence-corrected chi connectivity index (χ4v) is 7.19. The summed E-state index contributed by atoms with van der Waals surface area (Å²) in [4.78, 5) is 29.2. The average molecular weight is 565 g/mol. The molecule has 1 amide bonds. The van der Waals surface area contributed by atoms with Gasteiger partial charge in [-0.1, -0.05) is 49.1 Å². The number of carbonyl (C=O) groups excluding carboxylic acids is 1. The lowest BCUT2D eigenvalue weighted by Crippen LogP contribution is -2.46. The Labute approximate surface area is 206 Å². The minimum Gasteiger partial charge on any atom is -0.480 e. The van der Waals surface area contributed by atoms with Crippen molar-refractivity contribution in [2.24, 2.45) is 0 Å². The minimum absolute atomic E-state index is 0.0279. The molecule has 0 spiro atoms. The summed E-state index contributed by atoms with van der Waals surface area (Å²) in [6.45, 7) is 1.92. The van der Waals surface area contributed by atoms with Crippen molar-refractivity contribution in [3.63, 3.8) is 0 Å². The van der Waals surface area contributed by atoms with Crippen LogP contribution in [-0.4, -0.2) is 37.8 Å². The van der Waals surface area contributed by atoms with Crippen molar-refractivity contribution in [3.8, 4) is 0 Å². The summed E-state index contributed by atoms with van der Waals surface area (Å²) in [5, 5.41) is 20.2. The van der Waals surface area contributed by atoms with Gasteiger partial charge in [-0.25, -0.2) is 0 Å². The van der Waals surface area contributed by atoms with Crippen LogP contribution in [0.15, 0.2) is 47.4 Å². The van der Waals surface area contributed by atoms with Crippen LogP contribution in [0.1, 0.15) is 61.3 Å². The van der Waals surface area contributed by atoms with Crippen molar-refractivity contribution >= 4 is 46.2 Å². The number of likely N-dealkylation sites (tertiary alicyclic amines) is 1. The van der Waals surface area contributed by atoms with Crippen LogP contribution in [-0.2, 0) is 16.2 Å². The molecule has 2 fully saturated rings. The number of rotatable bonds is 6. The number of amides is 1. The Morgan fingerprint density at radius 3 is 2.44 bits per heavy atom. The monoisotopic (exact) mass is 565 g/mol. The van der Waals surface area contributed by atoms with Gasteiger partial charge >= 0.3 is 5.97 Å². The smallest absolute Gasteiger partial charge is 0.323 e. The molecule has 1 saturated carbocycles. The van der Waals surface area contributed by atoms with Gasteiger partial charge in [-0.05, 0) is 71.7 Å². The second-order valence-corrected chi connectivity index (χ2v) is 11.4. The number of carbonyl (C=O) groups is 2. The van der Waals surface area contributed by atoms with E-state index in [1.807, 2.05) is 54.3 Å². The van der Waals surface area contributed by atoms with E-state index in [2.05, 4.69) is 22.6 Å². The minimum atomic E-state index is -1.32. The lowest BCUT2D eigenvalue weighted by atomic mass is 9.89. The van der Waals surface area contributed by atoms with Crippen molar-refractivity contribution < 1.29 is 19.8 Å². The molecule has 2 atom stereocenters. The zero-order valence-electron chi connectivity index (χ0n) is 18.1. The number of halogens is 1. The molecule has 0 aromatic heterocycles.